The molecule has 0 spiro atoms. The van der Waals surface area contributed by atoms with Crippen LogP contribution in [0.4, 0.5) is 0 Å². The molecule has 4 rings (SSSR count). The number of hydrogen-bond donors (Lipinski definition) is 0. The lowest BCUT2D eigenvalue weighted by atomic mass is 9.97. The summed E-state index contributed by atoms with van der Waals surface area (Å²) in [5, 5.41) is 0. The molecule has 0 aromatic heterocycles. The van der Waals surface area contributed by atoms with E-state index in [9.17, 15) is 0 Å². The first kappa shape index (κ1) is 13.1. The Morgan fingerprint density at radius 2 is 1.41 bits per heavy atom. The molecule has 0 aliphatic heterocycles. The van der Waals surface area contributed by atoms with Crippen molar-refractivity contribution in [1.82, 2.24) is 0 Å². The third-order valence-electron chi connectivity index (χ3n) is 4.37. The van der Waals surface area contributed by atoms with Gasteiger partial charge < -0.3 is 0 Å². The van der Waals surface area contributed by atoms with Crippen LogP contribution in [0.1, 0.15) is 27.8 Å². The first-order valence-corrected chi connectivity index (χ1v) is 7.81. The largest absolute Gasteiger partial charge is 0.0622 e. The van der Waals surface area contributed by atoms with E-state index in [1.165, 1.54) is 33.4 Å². The monoisotopic (exact) mass is 282 g/mol. The third-order valence-corrected chi connectivity index (χ3v) is 4.37. The quantitative estimate of drug-likeness (QED) is 0.605. The van der Waals surface area contributed by atoms with Crippen molar-refractivity contribution in [3.8, 4) is 0 Å². The summed E-state index contributed by atoms with van der Waals surface area (Å²) in [5.41, 5.74) is 8.44. The molecule has 0 fully saturated rings. The molecule has 106 valence electrons. The Hall–Kier alpha value is -2.60. The molecule has 0 nitrogen and oxygen atoms in total. The van der Waals surface area contributed by atoms with E-state index in [1.54, 1.807) is 0 Å². The van der Waals surface area contributed by atoms with Gasteiger partial charge in [-0.3, -0.25) is 0 Å². The Bertz CT molecular complexity index is 811. The summed E-state index contributed by atoms with van der Waals surface area (Å²) in [6, 6.07) is 28.1. The van der Waals surface area contributed by atoms with Gasteiger partial charge in [-0.2, -0.15) is 0 Å². The molecule has 0 saturated carbocycles. The van der Waals surface area contributed by atoms with Crippen molar-refractivity contribution in [2.45, 2.75) is 12.8 Å². The summed E-state index contributed by atoms with van der Waals surface area (Å²) >= 11 is 0. The molecule has 0 saturated heterocycles. The van der Waals surface area contributed by atoms with Crippen molar-refractivity contribution in [1.29, 1.82) is 0 Å². The van der Waals surface area contributed by atoms with Gasteiger partial charge in [0.15, 0.2) is 0 Å². The smallest absolute Gasteiger partial charge is 0.00136 e. The summed E-state index contributed by atoms with van der Waals surface area (Å²) in [4.78, 5) is 0. The van der Waals surface area contributed by atoms with Crippen molar-refractivity contribution < 1.29 is 0 Å². The number of fused-ring (bicyclic) bond motifs is 1. The maximum Gasteiger partial charge on any atom is -0.00136 e. The lowest BCUT2D eigenvalue weighted by Gasteiger charge is -2.07. The molecule has 0 N–H and O–H groups in total. The van der Waals surface area contributed by atoms with Crippen LogP contribution in [0.5, 0.6) is 0 Å². The lowest BCUT2D eigenvalue weighted by molar-refractivity contribution is 1.17. The first-order valence-electron chi connectivity index (χ1n) is 7.81. The fourth-order valence-electron chi connectivity index (χ4n) is 3.24. The van der Waals surface area contributed by atoms with E-state index in [2.05, 4.69) is 84.9 Å². The van der Waals surface area contributed by atoms with Crippen molar-refractivity contribution in [2.75, 3.05) is 0 Å². The number of hydrogen-bond acceptors (Lipinski definition) is 0. The minimum absolute atomic E-state index is 1.00. The Kier molecular flexibility index (Phi) is 3.36. The summed E-state index contributed by atoms with van der Waals surface area (Å²) in [6.45, 7) is 0. The lowest BCUT2D eigenvalue weighted by Crippen LogP contribution is -1.93. The minimum atomic E-state index is 1.00. The van der Waals surface area contributed by atoms with Gasteiger partial charge in [-0.05, 0) is 46.2 Å². The molecule has 0 radical (unpaired) electrons. The summed E-state index contributed by atoms with van der Waals surface area (Å²) < 4.78 is 0. The number of benzene rings is 3. The van der Waals surface area contributed by atoms with E-state index in [4.69, 9.17) is 0 Å². The third kappa shape index (κ3) is 2.48. The molecule has 0 bridgehead atoms. The van der Waals surface area contributed by atoms with Gasteiger partial charge in [0.1, 0.15) is 0 Å². The zero-order valence-corrected chi connectivity index (χ0v) is 12.5. The van der Waals surface area contributed by atoms with Gasteiger partial charge in [-0.15, -0.1) is 0 Å². The molecular formula is C22H18. The fourth-order valence-corrected chi connectivity index (χ4v) is 3.24. The Morgan fingerprint density at radius 3 is 2.18 bits per heavy atom. The van der Waals surface area contributed by atoms with Gasteiger partial charge in [0.25, 0.3) is 0 Å². The zero-order valence-electron chi connectivity index (χ0n) is 12.5. The van der Waals surface area contributed by atoms with Crippen LogP contribution in [0.25, 0.3) is 11.6 Å². The Morgan fingerprint density at radius 1 is 0.682 bits per heavy atom. The normalized spacial score (nSPS) is 12.8. The average molecular weight is 282 g/mol. The van der Waals surface area contributed by atoms with Crippen LogP contribution in [0.15, 0.2) is 78.9 Å². The van der Waals surface area contributed by atoms with Gasteiger partial charge in [-0.25, -0.2) is 0 Å². The molecule has 3 aromatic rings. The Labute approximate surface area is 131 Å². The van der Waals surface area contributed by atoms with E-state index in [0.29, 0.717) is 0 Å². The maximum absolute atomic E-state index is 2.38. The predicted octanol–water partition coefficient (Wildman–Crippen LogP) is 5.37. The van der Waals surface area contributed by atoms with Crippen LogP contribution in [-0.2, 0) is 12.8 Å². The molecule has 3 aromatic carbocycles. The highest BCUT2D eigenvalue weighted by Gasteiger charge is 2.16. The molecule has 0 atom stereocenters. The molecule has 0 amide bonds. The zero-order chi connectivity index (χ0) is 14.8. The Balaban J connectivity index is 1.70. The van der Waals surface area contributed by atoms with E-state index in [-0.39, 0.29) is 0 Å². The molecule has 22 heavy (non-hydrogen) atoms. The summed E-state index contributed by atoms with van der Waals surface area (Å²) in [5.74, 6) is 0. The van der Waals surface area contributed by atoms with E-state index in [0.717, 1.165) is 12.8 Å². The molecule has 0 heteroatoms. The minimum Gasteiger partial charge on any atom is -0.0622 e. The van der Waals surface area contributed by atoms with Gasteiger partial charge >= 0.3 is 0 Å². The van der Waals surface area contributed by atoms with Gasteiger partial charge in [0.2, 0.25) is 0 Å². The predicted molar refractivity (Wildman–Crippen MR) is 93.7 cm³/mol. The van der Waals surface area contributed by atoms with Crippen LogP contribution in [0.3, 0.4) is 0 Å². The van der Waals surface area contributed by atoms with Crippen molar-refractivity contribution in [3.05, 3.63) is 107 Å². The van der Waals surface area contributed by atoms with E-state index in [1.807, 2.05) is 0 Å². The van der Waals surface area contributed by atoms with Crippen molar-refractivity contribution in [3.63, 3.8) is 0 Å². The standard InChI is InChI=1S/C22H18/c1-3-8-17(9-4-1)14-19-12-7-13-20-15-21(16-22(19)20)18-10-5-2-6-11-18/h1-13,16H,14-15H2. The SMILES string of the molecule is C1=C(c2ccccc2)Cc2cccc(Cc3ccccc3)c21. The summed E-state index contributed by atoms with van der Waals surface area (Å²) in [7, 11) is 0. The maximum atomic E-state index is 2.38. The number of allylic oxidation sites excluding steroid dienone is 1. The molecule has 0 unspecified atom stereocenters. The highest BCUT2D eigenvalue weighted by molar-refractivity contribution is 5.89. The van der Waals surface area contributed by atoms with Crippen molar-refractivity contribution in [2.24, 2.45) is 0 Å². The van der Waals surface area contributed by atoms with E-state index >= 15 is 0 Å². The molecule has 0 heterocycles. The van der Waals surface area contributed by atoms with Crippen LogP contribution in [0, 0.1) is 0 Å². The van der Waals surface area contributed by atoms with E-state index < -0.39 is 0 Å². The molecular weight excluding hydrogens is 264 g/mol. The van der Waals surface area contributed by atoms with Crippen LogP contribution >= 0.6 is 0 Å². The second-order valence-corrected chi connectivity index (χ2v) is 5.86. The average Bonchev–Trinajstić information content (AvgIpc) is 3.02. The van der Waals surface area contributed by atoms with Gasteiger partial charge in [-0.1, -0.05) is 84.9 Å². The van der Waals surface area contributed by atoms with Crippen LogP contribution in [-0.4, -0.2) is 0 Å². The van der Waals surface area contributed by atoms with Crippen LogP contribution < -0.4 is 0 Å². The summed E-state index contributed by atoms with van der Waals surface area (Å²) in [6.07, 6.45) is 4.42. The topological polar surface area (TPSA) is 0 Å². The van der Waals surface area contributed by atoms with Crippen LogP contribution in [0.2, 0.25) is 0 Å². The highest BCUT2D eigenvalue weighted by Crippen LogP contribution is 2.34. The van der Waals surface area contributed by atoms with Gasteiger partial charge in [0.05, 0.1) is 0 Å². The molecule has 1 aliphatic carbocycles. The number of rotatable bonds is 3. The second kappa shape index (κ2) is 5.65. The molecule has 1 aliphatic rings. The highest BCUT2D eigenvalue weighted by atomic mass is 14.2. The van der Waals surface area contributed by atoms with Crippen molar-refractivity contribution >= 4 is 11.6 Å². The van der Waals surface area contributed by atoms with Gasteiger partial charge in [0, 0.05) is 0 Å². The first-order chi connectivity index (χ1) is 10.9. The fraction of sp³-hybridized carbons (Fsp3) is 0.0909. The second-order valence-electron chi connectivity index (χ2n) is 5.86.